The largest absolute Gasteiger partial charge is 0.399 e. The summed E-state index contributed by atoms with van der Waals surface area (Å²) in [5.74, 6) is -1.14. The normalized spacial score (nSPS) is 10.4. The van der Waals surface area contributed by atoms with Gasteiger partial charge in [0.2, 0.25) is 5.91 Å². The van der Waals surface area contributed by atoms with E-state index in [1.807, 2.05) is 5.48 Å². The Kier molecular flexibility index (Phi) is 4.71. The molecular formula is C11H13N3O3. The maximum absolute atomic E-state index is 11.2. The number of carbonyl (C=O) groups is 2. The van der Waals surface area contributed by atoms with Crippen molar-refractivity contribution in [3.63, 3.8) is 0 Å². The van der Waals surface area contributed by atoms with Crippen LogP contribution in [0.25, 0.3) is 6.08 Å². The van der Waals surface area contributed by atoms with Crippen LogP contribution in [0, 0.1) is 0 Å². The van der Waals surface area contributed by atoms with Gasteiger partial charge in [-0.3, -0.25) is 14.4 Å². The number of carbonyl (C=O) groups excluding carboxylic acids is 2. The standard InChI is InChI=1S/C11H13N3O3/c12-9-4-1-8(2-5-9)3-6-11(16)14-17-7-10(13)15/h1-6H,7,12H2,(H2,13,15)(H,14,16)/b6-3+. The van der Waals surface area contributed by atoms with Gasteiger partial charge < -0.3 is 11.5 Å². The average Bonchev–Trinajstić information content (AvgIpc) is 2.28. The van der Waals surface area contributed by atoms with Crippen LogP contribution in [-0.4, -0.2) is 18.4 Å². The van der Waals surface area contributed by atoms with Gasteiger partial charge in [-0.2, -0.15) is 0 Å². The van der Waals surface area contributed by atoms with Gasteiger partial charge >= 0.3 is 0 Å². The van der Waals surface area contributed by atoms with E-state index in [0.29, 0.717) is 5.69 Å². The highest BCUT2D eigenvalue weighted by Gasteiger charge is 1.97. The fourth-order valence-electron chi connectivity index (χ4n) is 0.991. The second-order valence-corrected chi connectivity index (χ2v) is 3.22. The predicted octanol–water partition coefficient (Wildman–Crippen LogP) is -0.185. The highest BCUT2D eigenvalue weighted by Crippen LogP contribution is 2.06. The van der Waals surface area contributed by atoms with E-state index in [0.717, 1.165) is 5.56 Å². The number of benzene rings is 1. The Morgan fingerprint density at radius 3 is 2.53 bits per heavy atom. The Balaban J connectivity index is 2.40. The molecule has 0 aliphatic rings. The van der Waals surface area contributed by atoms with Crippen LogP contribution in [0.15, 0.2) is 30.3 Å². The molecule has 0 aromatic heterocycles. The molecular weight excluding hydrogens is 222 g/mol. The number of hydrogen-bond donors (Lipinski definition) is 3. The molecule has 6 heteroatoms. The van der Waals surface area contributed by atoms with E-state index in [1.165, 1.54) is 6.08 Å². The Bertz CT molecular complexity index is 426. The van der Waals surface area contributed by atoms with Gasteiger partial charge in [-0.15, -0.1) is 0 Å². The van der Waals surface area contributed by atoms with Crippen LogP contribution in [-0.2, 0) is 14.4 Å². The van der Waals surface area contributed by atoms with Crippen LogP contribution < -0.4 is 16.9 Å². The number of amides is 2. The molecule has 1 rings (SSSR count). The van der Waals surface area contributed by atoms with Crippen LogP contribution in [0.3, 0.4) is 0 Å². The summed E-state index contributed by atoms with van der Waals surface area (Å²) in [6.07, 6.45) is 2.86. The van der Waals surface area contributed by atoms with Crippen LogP contribution in [0.5, 0.6) is 0 Å². The molecule has 0 heterocycles. The second kappa shape index (κ2) is 6.29. The lowest BCUT2D eigenvalue weighted by molar-refractivity contribution is -0.134. The van der Waals surface area contributed by atoms with Gasteiger partial charge in [0, 0.05) is 11.8 Å². The minimum absolute atomic E-state index is 0.360. The van der Waals surface area contributed by atoms with E-state index in [2.05, 4.69) is 4.84 Å². The maximum Gasteiger partial charge on any atom is 0.267 e. The zero-order valence-electron chi connectivity index (χ0n) is 9.05. The molecule has 0 fully saturated rings. The van der Waals surface area contributed by atoms with E-state index >= 15 is 0 Å². The number of rotatable bonds is 5. The van der Waals surface area contributed by atoms with Gasteiger partial charge in [-0.05, 0) is 23.8 Å². The molecule has 17 heavy (non-hydrogen) atoms. The van der Waals surface area contributed by atoms with Crippen molar-refractivity contribution >= 4 is 23.6 Å². The zero-order valence-corrected chi connectivity index (χ0v) is 9.05. The number of nitrogens with two attached hydrogens (primary N) is 2. The summed E-state index contributed by atoms with van der Waals surface area (Å²) in [7, 11) is 0. The molecule has 0 saturated heterocycles. The third-order valence-corrected chi connectivity index (χ3v) is 1.75. The van der Waals surface area contributed by atoms with Crippen LogP contribution >= 0.6 is 0 Å². The van der Waals surface area contributed by atoms with Gasteiger partial charge in [-0.25, -0.2) is 5.48 Å². The average molecular weight is 235 g/mol. The summed E-state index contributed by atoms with van der Waals surface area (Å²) in [5.41, 5.74) is 13.8. The van der Waals surface area contributed by atoms with Crippen molar-refractivity contribution in [3.8, 4) is 0 Å². The van der Waals surface area contributed by atoms with Gasteiger partial charge in [-0.1, -0.05) is 12.1 Å². The zero-order chi connectivity index (χ0) is 12.7. The van der Waals surface area contributed by atoms with Crippen molar-refractivity contribution in [2.24, 2.45) is 5.73 Å². The van der Waals surface area contributed by atoms with Crippen LogP contribution in [0.2, 0.25) is 0 Å². The molecule has 5 N–H and O–H groups in total. The van der Waals surface area contributed by atoms with E-state index in [4.69, 9.17) is 11.5 Å². The van der Waals surface area contributed by atoms with Crippen molar-refractivity contribution in [3.05, 3.63) is 35.9 Å². The van der Waals surface area contributed by atoms with E-state index in [-0.39, 0.29) is 6.61 Å². The Morgan fingerprint density at radius 1 is 1.29 bits per heavy atom. The summed E-state index contributed by atoms with van der Waals surface area (Å²) in [5, 5.41) is 0. The highest BCUT2D eigenvalue weighted by molar-refractivity contribution is 5.91. The third-order valence-electron chi connectivity index (χ3n) is 1.75. The van der Waals surface area contributed by atoms with Gasteiger partial charge in [0.1, 0.15) is 0 Å². The molecule has 1 aromatic carbocycles. The third kappa shape index (κ3) is 5.33. The van der Waals surface area contributed by atoms with Crippen LogP contribution in [0.1, 0.15) is 5.56 Å². The lowest BCUT2D eigenvalue weighted by Crippen LogP contribution is -2.28. The minimum atomic E-state index is -0.659. The fraction of sp³-hybridized carbons (Fsp3) is 0.0909. The maximum atomic E-state index is 11.2. The SMILES string of the molecule is NC(=O)CONC(=O)/C=C/c1ccc(N)cc1. The van der Waals surface area contributed by atoms with Crippen molar-refractivity contribution in [2.45, 2.75) is 0 Å². The molecule has 6 nitrogen and oxygen atoms in total. The van der Waals surface area contributed by atoms with Gasteiger partial charge in [0.15, 0.2) is 6.61 Å². The molecule has 2 amide bonds. The highest BCUT2D eigenvalue weighted by atomic mass is 16.7. The number of primary amides is 1. The smallest absolute Gasteiger partial charge is 0.267 e. The minimum Gasteiger partial charge on any atom is -0.399 e. The predicted molar refractivity (Wildman–Crippen MR) is 63.2 cm³/mol. The number of nitrogens with one attached hydrogen (secondary N) is 1. The van der Waals surface area contributed by atoms with Crippen molar-refractivity contribution in [2.75, 3.05) is 12.3 Å². The van der Waals surface area contributed by atoms with Crippen molar-refractivity contribution in [1.29, 1.82) is 0 Å². The lowest BCUT2D eigenvalue weighted by Gasteiger charge is -2.00. The van der Waals surface area contributed by atoms with Crippen molar-refractivity contribution in [1.82, 2.24) is 5.48 Å². The molecule has 0 aliphatic heterocycles. The summed E-state index contributed by atoms with van der Waals surface area (Å²) in [4.78, 5) is 26.0. The van der Waals surface area contributed by atoms with E-state index < -0.39 is 11.8 Å². The van der Waals surface area contributed by atoms with Crippen LogP contribution in [0.4, 0.5) is 5.69 Å². The molecule has 0 bridgehead atoms. The topological polar surface area (TPSA) is 107 Å². The molecule has 1 aromatic rings. The van der Waals surface area contributed by atoms with Gasteiger partial charge in [0.05, 0.1) is 0 Å². The Hall–Kier alpha value is -2.34. The van der Waals surface area contributed by atoms with Gasteiger partial charge in [0.25, 0.3) is 5.91 Å². The lowest BCUT2D eigenvalue weighted by atomic mass is 10.2. The first-order chi connectivity index (χ1) is 8.08. The molecule has 0 saturated carbocycles. The number of hydroxylamine groups is 1. The summed E-state index contributed by atoms with van der Waals surface area (Å²) < 4.78 is 0. The monoisotopic (exact) mass is 235 g/mol. The van der Waals surface area contributed by atoms with E-state index in [1.54, 1.807) is 30.3 Å². The number of hydrogen-bond acceptors (Lipinski definition) is 4. The molecule has 90 valence electrons. The first-order valence-corrected chi connectivity index (χ1v) is 4.81. The molecule has 0 spiro atoms. The first-order valence-electron chi connectivity index (χ1n) is 4.81. The number of anilines is 1. The summed E-state index contributed by atoms with van der Waals surface area (Å²) in [6, 6.07) is 6.98. The summed E-state index contributed by atoms with van der Waals surface area (Å²) in [6.45, 7) is -0.360. The molecule has 0 atom stereocenters. The summed E-state index contributed by atoms with van der Waals surface area (Å²) >= 11 is 0. The number of nitrogen functional groups attached to an aromatic ring is 1. The molecule has 0 unspecified atom stereocenters. The molecule has 0 aliphatic carbocycles. The molecule has 0 radical (unpaired) electrons. The fourth-order valence-corrected chi connectivity index (χ4v) is 0.991. The van der Waals surface area contributed by atoms with E-state index in [9.17, 15) is 9.59 Å². The Morgan fingerprint density at radius 2 is 1.94 bits per heavy atom. The second-order valence-electron chi connectivity index (χ2n) is 3.22. The Labute approximate surface area is 98.2 Å². The van der Waals surface area contributed by atoms with Crippen molar-refractivity contribution < 1.29 is 14.4 Å². The first kappa shape index (κ1) is 12.7. The quantitative estimate of drug-likeness (QED) is 0.373.